The molecule has 1 aliphatic carbocycles. The molecule has 0 spiro atoms. The number of nitro groups is 1. The van der Waals surface area contributed by atoms with Crippen LogP contribution in [0.1, 0.15) is 33.8 Å². The Morgan fingerprint density at radius 2 is 2.30 bits per heavy atom. The van der Waals surface area contributed by atoms with Gasteiger partial charge in [-0.25, -0.2) is 0 Å². The van der Waals surface area contributed by atoms with Gasteiger partial charge in [0.2, 0.25) is 0 Å². The Morgan fingerprint density at radius 1 is 1.60 bits per heavy atom. The Kier molecular flexibility index (Phi) is 5.91. The second kappa shape index (κ2) is 7.01. The van der Waals surface area contributed by atoms with Crippen molar-refractivity contribution in [2.45, 2.75) is 32.2 Å². The van der Waals surface area contributed by atoms with E-state index < -0.39 is 4.92 Å². The van der Waals surface area contributed by atoms with Gasteiger partial charge in [0.05, 0.1) is 14.7 Å². The van der Waals surface area contributed by atoms with Gasteiger partial charge in [-0.1, -0.05) is 6.42 Å². The smallest absolute Gasteiger partial charge is 0.283 e. The van der Waals surface area contributed by atoms with Crippen molar-refractivity contribution in [3.63, 3.8) is 0 Å². The lowest BCUT2D eigenvalue weighted by atomic mass is 10.0. The number of nitrogens with zero attached hydrogens (tertiary/aromatic N) is 1. The molecule has 1 amide bonds. The molecule has 1 aromatic rings. The van der Waals surface area contributed by atoms with Crippen LogP contribution in [-0.2, 0) is 0 Å². The zero-order valence-corrected chi connectivity index (χ0v) is 12.8. The molecule has 6 nitrogen and oxygen atoms in total. The topological polar surface area (TPSA) is 98.3 Å². The first kappa shape index (κ1) is 16.9. The lowest BCUT2D eigenvalue weighted by molar-refractivity contribution is -0.385. The Labute approximate surface area is 127 Å². The third-order valence-electron chi connectivity index (χ3n) is 3.59. The van der Waals surface area contributed by atoms with Crippen molar-refractivity contribution < 1.29 is 9.72 Å². The minimum Gasteiger partial charge on any atom is -0.348 e. The summed E-state index contributed by atoms with van der Waals surface area (Å²) in [6.45, 7) is 2.21. The van der Waals surface area contributed by atoms with Gasteiger partial charge in [0.15, 0.2) is 0 Å². The molecule has 1 saturated carbocycles. The SMILES string of the molecule is Cc1sc(C(=O)NC2CCCC2CN)cc1[N+](=O)[O-].Cl. The minimum absolute atomic E-state index is 0. The van der Waals surface area contributed by atoms with Crippen LogP contribution in [0.5, 0.6) is 0 Å². The van der Waals surface area contributed by atoms with Crippen LogP contribution in [0.3, 0.4) is 0 Å². The molecule has 1 aromatic heterocycles. The predicted octanol–water partition coefficient (Wildman–Crippen LogP) is 2.24. The fraction of sp³-hybridized carbons (Fsp3) is 0.583. The Morgan fingerprint density at radius 3 is 2.85 bits per heavy atom. The lowest BCUT2D eigenvalue weighted by Crippen LogP contribution is -2.39. The first-order valence-corrected chi connectivity index (χ1v) is 7.10. The molecule has 0 radical (unpaired) electrons. The average molecular weight is 320 g/mol. The molecule has 0 aromatic carbocycles. The van der Waals surface area contributed by atoms with Crippen LogP contribution < -0.4 is 11.1 Å². The van der Waals surface area contributed by atoms with Gasteiger partial charge in [-0.3, -0.25) is 14.9 Å². The van der Waals surface area contributed by atoms with Crippen molar-refractivity contribution in [3.8, 4) is 0 Å². The molecule has 2 unspecified atom stereocenters. The van der Waals surface area contributed by atoms with Crippen LogP contribution >= 0.6 is 23.7 Å². The second-order valence-corrected chi connectivity index (χ2v) is 6.07. The fourth-order valence-electron chi connectivity index (χ4n) is 2.51. The Hall–Kier alpha value is -1.18. The van der Waals surface area contributed by atoms with Crippen LogP contribution in [-0.4, -0.2) is 23.4 Å². The van der Waals surface area contributed by atoms with Gasteiger partial charge < -0.3 is 11.1 Å². The second-order valence-electron chi connectivity index (χ2n) is 4.82. The van der Waals surface area contributed by atoms with Crippen molar-refractivity contribution in [2.75, 3.05) is 6.54 Å². The molecule has 2 rings (SSSR count). The molecule has 8 heteroatoms. The summed E-state index contributed by atoms with van der Waals surface area (Å²) in [6.07, 6.45) is 3.03. The van der Waals surface area contributed by atoms with Gasteiger partial charge in [0.1, 0.15) is 0 Å². The first-order chi connectivity index (χ1) is 9.02. The maximum Gasteiger partial charge on any atom is 0.283 e. The monoisotopic (exact) mass is 319 g/mol. The number of thiophene rings is 1. The van der Waals surface area contributed by atoms with Crippen molar-refractivity contribution in [2.24, 2.45) is 11.7 Å². The summed E-state index contributed by atoms with van der Waals surface area (Å²) >= 11 is 1.16. The molecule has 0 saturated heterocycles. The van der Waals surface area contributed by atoms with E-state index in [0.29, 0.717) is 22.2 Å². The van der Waals surface area contributed by atoms with E-state index in [-0.39, 0.29) is 30.0 Å². The molecule has 1 heterocycles. The molecule has 1 fully saturated rings. The van der Waals surface area contributed by atoms with E-state index in [1.165, 1.54) is 6.07 Å². The van der Waals surface area contributed by atoms with Crippen LogP contribution in [0.4, 0.5) is 5.69 Å². The number of rotatable bonds is 4. The molecule has 0 bridgehead atoms. The highest BCUT2D eigenvalue weighted by molar-refractivity contribution is 7.14. The van der Waals surface area contributed by atoms with Crippen LogP contribution in [0.15, 0.2) is 6.07 Å². The molecule has 3 N–H and O–H groups in total. The lowest BCUT2D eigenvalue weighted by Gasteiger charge is -2.18. The van der Waals surface area contributed by atoms with Crippen molar-refractivity contribution in [1.82, 2.24) is 5.32 Å². The third kappa shape index (κ3) is 3.47. The summed E-state index contributed by atoms with van der Waals surface area (Å²) in [6, 6.07) is 1.45. The zero-order chi connectivity index (χ0) is 14.0. The molecule has 0 aliphatic heterocycles. The van der Waals surface area contributed by atoms with Gasteiger partial charge in [0, 0.05) is 12.1 Å². The fourth-order valence-corrected chi connectivity index (χ4v) is 3.40. The van der Waals surface area contributed by atoms with E-state index in [2.05, 4.69) is 5.32 Å². The van der Waals surface area contributed by atoms with E-state index >= 15 is 0 Å². The van der Waals surface area contributed by atoms with Crippen molar-refractivity contribution >= 4 is 35.3 Å². The summed E-state index contributed by atoms with van der Waals surface area (Å²) in [5, 5.41) is 13.7. The number of amides is 1. The quantitative estimate of drug-likeness (QED) is 0.656. The van der Waals surface area contributed by atoms with E-state index in [0.717, 1.165) is 30.6 Å². The molecule has 2 atom stereocenters. The van der Waals surface area contributed by atoms with Crippen LogP contribution in [0.25, 0.3) is 0 Å². The number of nitrogens with one attached hydrogen (secondary N) is 1. The van der Waals surface area contributed by atoms with E-state index in [4.69, 9.17) is 5.73 Å². The number of aryl methyl sites for hydroxylation is 1. The van der Waals surface area contributed by atoms with Gasteiger partial charge in [0.25, 0.3) is 11.6 Å². The number of hydrogen-bond acceptors (Lipinski definition) is 5. The van der Waals surface area contributed by atoms with E-state index in [1.807, 2.05) is 0 Å². The molecule has 112 valence electrons. The average Bonchev–Trinajstić information content (AvgIpc) is 2.95. The van der Waals surface area contributed by atoms with Gasteiger partial charge in [-0.15, -0.1) is 23.7 Å². The minimum atomic E-state index is -0.457. The summed E-state index contributed by atoms with van der Waals surface area (Å²) in [5.74, 6) is 0.0894. The zero-order valence-electron chi connectivity index (χ0n) is 11.1. The largest absolute Gasteiger partial charge is 0.348 e. The predicted molar refractivity (Wildman–Crippen MR) is 80.6 cm³/mol. The molecular weight excluding hydrogens is 302 g/mol. The third-order valence-corrected chi connectivity index (χ3v) is 4.63. The Bertz CT molecular complexity index is 506. The maximum atomic E-state index is 12.1. The Balaban J connectivity index is 0.00000200. The normalized spacial score (nSPS) is 21.3. The summed E-state index contributed by atoms with van der Waals surface area (Å²) in [4.78, 5) is 23.3. The van der Waals surface area contributed by atoms with Gasteiger partial charge in [-0.05, 0) is 32.2 Å². The highest BCUT2D eigenvalue weighted by Crippen LogP contribution is 2.29. The highest BCUT2D eigenvalue weighted by Gasteiger charge is 2.29. The molecule has 1 aliphatic rings. The van der Waals surface area contributed by atoms with E-state index in [9.17, 15) is 14.9 Å². The first-order valence-electron chi connectivity index (χ1n) is 6.28. The molecular formula is C12H18ClN3O3S. The number of nitrogens with two attached hydrogens (primary N) is 1. The van der Waals surface area contributed by atoms with Crippen LogP contribution in [0.2, 0.25) is 0 Å². The van der Waals surface area contributed by atoms with E-state index in [1.54, 1.807) is 6.92 Å². The molecule has 20 heavy (non-hydrogen) atoms. The van der Waals surface area contributed by atoms with Crippen LogP contribution in [0, 0.1) is 23.0 Å². The highest BCUT2D eigenvalue weighted by atomic mass is 35.5. The number of halogens is 1. The van der Waals surface area contributed by atoms with Crippen molar-refractivity contribution in [1.29, 1.82) is 0 Å². The number of carbonyl (C=O) groups is 1. The van der Waals surface area contributed by atoms with Gasteiger partial charge in [-0.2, -0.15) is 0 Å². The number of hydrogen-bond donors (Lipinski definition) is 2. The summed E-state index contributed by atoms with van der Waals surface area (Å²) < 4.78 is 0. The van der Waals surface area contributed by atoms with Gasteiger partial charge >= 0.3 is 0 Å². The van der Waals surface area contributed by atoms with Crippen molar-refractivity contribution in [3.05, 3.63) is 25.9 Å². The summed E-state index contributed by atoms with van der Waals surface area (Å²) in [7, 11) is 0. The standard InChI is InChI=1S/C12H17N3O3S.ClH/c1-7-10(15(17)18)5-11(19-7)12(16)14-9-4-2-3-8(9)6-13;/h5,8-9H,2-4,6,13H2,1H3,(H,14,16);1H. The maximum absolute atomic E-state index is 12.1. The summed E-state index contributed by atoms with van der Waals surface area (Å²) in [5.41, 5.74) is 5.68. The number of carbonyl (C=O) groups excluding carboxylic acids is 1.